The van der Waals surface area contributed by atoms with Gasteiger partial charge in [-0.3, -0.25) is 13.9 Å². The van der Waals surface area contributed by atoms with Crippen LogP contribution in [0.4, 0.5) is 5.69 Å². The number of rotatable bonds is 14. The molecule has 0 saturated carbocycles. The van der Waals surface area contributed by atoms with Crippen LogP contribution in [0.5, 0.6) is 5.75 Å². The summed E-state index contributed by atoms with van der Waals surface area (Å²) in [5.74, 6) is -0.445. The normalized spacial score (nSPS) is 11.8. The summed E-state index contributed by atoms with van der Waals surface area (Å²) < 4.78 is 34.8. The van der Waals surface area contributed by atoms with Crippen molar-refractivity contribution in [1.82, 2.24) is 10.2 Å². The van der Waals surface area contributed by atoms with Gasteiger partial charge in [0.2, 0.25) is 11.8 Å². The highest BCUT2D eigenvalue weighted by molar-refractivity contribution is 7.92. The van der Waals surface area contributed by atoms with E-state index in [0.717, 1.165) is 9.87 Å². The number of ether oxygens (including phenoxy) is 1. The minimum Gasteiger partial charge on any atom is -0.494 e. The van der Waals surface area contributed by atoms with Crippen LogP contribution in [0.3, 0.4) is 0 Å². The number of hydrogen-bond donors (Lipinski definition) is 1. The summed E-state index contributed by atoms with van der Waals surface area (Å²) in [6.07, 6.45) is 0.187. The molecule has 1 atom stereocenters. The number of halogens is 3. The zero-order valence-electron chi connectivity index (χ0n) is 25.3. The molecule has 0 bridgehead atoms. The number of anilines is 1. The lowest BCUT2D eigenvalue weighted by Crippen LogP contribution is -2.53. The molecule has 0 fully saturated rings. The van der Waals surface area contributed by atoms with E-state index in [1.54, 1.807) is 49.4 Å². The van der Waals surface area contributed by atoms with Crippen LogP contribution in [0.1, 0.15) is 25.0 Å². The molecule has 0 heterocycles. The first kappa shape index (κ1) is 35.1. The molecule has 4 aromatic rings. The maximum absolute atomic E-state index is 14.5. The zero-order chi connectivity index (χ0) is 33.3. The van der Waals surface area contributed by atoms with Crippen molar-refractivity contribution in [1.29, 1.82) is 0 Å². The molecule has 46 heavy (non-hydrogen) atoms. The van der Waals surface area contributed by atoms with E-state index in [-0.39, 0.29) is 34.5 Å². The Morgan fingerprint density at radius 3 is 2.11 bits per heavy atom. The van der Waals surface area contributed by atoms with Gasteiger partial charge in [-0.05, 0) is 85.6 Å². The predicted molar refractivity (Wildman–Crippen MR) is 183 cm³/mol. The first-order valence-electron chi connectivity index (χ1n) is 14.6. The minimum atomic E-state index is -4.28. The monoisotopic (exact) mass is 701 g/mol. The average Bonchev–Trinajstić information content (AvgIpc) is 3.04. The molecule has 0 aliphatic carbocycles. The third kappa shape index (κ3) is 8.94. The quantitative estimate of drug-likeness (QED) is 0.153. The predicted octanol–water partition coefficient (Wildman–Crippen LogP) is 7.02. The van der Waals surface area contributed by atoms with E-state index in [1.165, 1.54) is 29.2 Å². The number of carbonyl (C=O) groups excluding carboxylic acids is 2. The van der Waals surface area contributed by atoms with E-state index in [2.05, 4.69) is 5.32 Å². The topological polar surface area (TPSA) is 96.0 Å². The van der Waals surface area contributed by atoms with Gasteiger partial charge < -0.3 is 15.0 Å². The Labute approximate surface area is 284 Å². The van der Waals surface area contributed by atoms with Gasteiger partial charge in [0.05, 0.1) is 27.2 Å². The molecule has 0 aliphatic rings. The molecule has 4 rings (SSSR count). The minimum absolute atomic E-state index is 0.0392. The Bertz CT molecular complexity index is 1740. The summed E-state index contributed by atoms with van der Waals surface area (Å²) in [6, 6.07) is 25.3. The largest absolute Gasteiger partial charge is 0.494 e. The highest BCUT2D eigenvalue weighted by Crippen LogP contribution is 2.28. The molecule has 12 heteroatoms. The second-order valence-electron chi connectivity index (χ2n) is 10.3. The van der Waals surface area contributed by atoms with Crippen LogP contribution >= 0.6 is 34.8 Å². The molecule has 0 saturated heterocycles. The smallest absolute Gasteiger partial charge is 0.264 e. The number of hydrogen-bond acceptors (Lipinski definition) is 5. The third-order valence-corrected chi connectivity index (χ3v) is 9.85. The van der Waals surface area contributed by atoms with Crippen LogP contribution < -0.4 is 14.4 Å². The van der Waals surface area contributed by atoms with Crippen molar-refractivity contribution in [2.24, 2.45) is 0 Å². The van der Waals surface area contributed by atoms with Crippen LogP contribution in [0.25, 0.3) is 0 Å². The molecular formula is C34H34Cl3N3O5S. The number of amides is 2. The van der Waals surface area contributed by atoms with Crippen LogP contribution in [0.15, 0.2) is 102 Å². The van der Waals surface area contributed by atoms with E-state index in [9.17, 15) is 18.0 Å². The number of carbonyl (C=O) groups is 2. The van der Waals surface area contributed by atoms with E-state index >= 15 is 0 Å². The fourth-order valence-corrected chi connectivity index (χ4v) is 6.68. The van der Waals surface area contributed by atoms with E-state index in [0.29, 0.717) is 34.5 Å². The number of likely N-dealkylation sites (N-methyl/N-ethyl adjacent to an activating group) is 1. The molecule has 1 N–H and O–H groups in total. The van der Waals surface area contributed by atoms with Crippen LogP contribution in [-0.4, -0.2) is 50.9 Å². The lowest BCUT2D eigenvalue weighted by atomic mass is 10.0. The second-order valence-corrected chi connectivity index (χ2v) is 13.4. The fourth-order valence-electron chi connectivity index (χ4n) is 4.82. The molecule has 0 aliphatic heterocycles. The van der Waals surface area contributed by atoms with E-state index < -0.39 is 28.5 Å². The Morgan fingerprint density at radius 1 is 0.826 bits per heavy atom. The number of sulfonamides is 1. The number of nitrogens with zero attached hydrogens (tertiary/aromatic N) is 2. The third-order valence-electron chi connectivity index (χ3n) is 7.08. The fraction of sp³-hybridized carbons (Fsp3) is 0.235. The number of benzene rings is 4. The maximum Gasteiger partial charge on any atom is 0.264 e. The van der Waals surface area contributed by atoms with Crippen molar-refractivity contribution < 1.29 is 22.7 Å². The van der Waals surface area contributed by atoms with Gasteiger partial charge in [0.1, 0.15) is 18.3 Å². The van der Waals surface area contributed by atoms with E-state index in [4.69, 9.17) is 39.5 Å². The van der Waals surface area contributed by atoms with Gasteiger partial charge >= 0.3 is 0 Å². The van der Waals surface area contributed by atoms with Crippen molar-refractivity contribution >= 4 is 62.3 Å². The summed E-state index contributed by atoms with van der Waals surface area (Å²) in [6.45, 7) is 3.74. The van der Waals surface area contributed by atoms with Crippen molar-refractivity contribution in [2.75, 3.05) is 24.0 Å². The van der Waals surface area contributed by atoms with Gasteiger partial charge in [-0.1, -0.05) is 71.2 Å². The van der Waals surface area contributed by atoms with Crippen LogP contribution in [0, 0.1) is 0 Å². The molecule has 0 aromatic heterocycles. The summed E-state index contributed by atoms with van der Waals surface area (Å²) in [7, 11) is -4.28. The maximum atomic E-state index is 14.5. The summed E-state index contributed by atoms with van der Waals surface area (Å²) in [5.41, 5.74) is 1.67. The molecule has 4 aromatic carbocycles. The standard InChI is InChI=1S/C34H34Cl3N3O5S/c1-3-38-34(42)32(21-24-8-6-5-7-9-24)39(22-25-10-19-30(36)31(37)20-25)33(41)23-40(27-13-15-28(16-14-27)45-4-2)46(43,44)29-17-11-26(35)12-18-29/h5-20,32H,3-4,21-23H2,1-2H3,(H,38,42). The summed E-state index contributed by atoms with van der Waals surface area (Å²) in [4.78, 5) is 29.4. The average molecular weight is 703 g/mol. The van der Waals surface area contributed by atoms with Crippen LogP contribution in [-0.2, 0) is 32.6 Å². The Hall–Kier alpha value is -3.76. The summed E-state index contributed by atoms with van der Waals surface area (Å²) in [5, 5.41) is 3.82. The Kier molecular flexibility index (Phi) is 12.3. The lowest BCUT2D eigenvalue weighted by molar-refractivity contribution is -0.140. The molecule has 8 nitrogen and oxygen atoms in total. The molecule has 242 valence electrons. The first-order chi connectivity index (χ1) is 22.0. The highest BCUT2D eigenvalue weighted by Gasteiger charge is 2.34. The first-order valence-corrected chi connectivity index (χ1v) is 17.2. The number of nitrogens with one attached hydrogen (secondary N) is 1. The Morgan fingerprint density at radius 2 is 1.50 bits per heavy atom. The van der Waals surface area contributed by atoms with Crippen molar-refractivity contribution in [2.45, 2.75) is 37.8 Å². The molecule has 0 radical (unpaired) electrons. The van der Waals surface area contributed by atoms with Crippen molar-refractivity contribution in [3.63, 3.8) is 0 Å². The van der Waals surface area contributed by atoms with Gasteiger partial charge in [-0.15, -0.1) is 0 Å². The molecule has 0 spiro atoms. The molecule has 2 amide bonds. The second kappa shape index (κ2) is 16.2. The van der Waals surface area contributed by atoms with Gasteiger partial charge in [0.15, 0.2) is 0 Å². The molecular weight excluding hydrogens is 669 g/mol. The molecule has 1 unspecified atom stereocenters. The van der Waals surface area contributed by atoms with Crippen LogP contribution in [0.2, 0.25) is 15.1 Å². The van der Waals surface area contributed by atoms with Gasteiger partial charge in [-0.2, -0.15) is 0 Å². The lowest BCUT2D eigenvalue weighted by Gasteiger charge is -2.34. The zero-order valence-corrected chi connectivity index (χ0v) is 28.4. The van der Waals surface area contributed by atoms with E-state index in [1.807, 2.05) is 37.3 Å². The van der Waals surface area contributed by atoms with Gasteiger partial charge in [-0.25, -0.2) is 8.42 Å². The highest BCUT2D eigenvalue weighted by atomic mass is 35.5. The summed E-state index contributed by atoms with van der Waals surface area (Å²) >= 11 is 18.5. The Balaban J connectivity index is 1.80. The van der Waals surface area contributed by atoms with Crippen molar-refractivity contribution in [3.8, 4) is 5.75 Å². The van der Waals surface area contributed by atoms with Crippen molar-refractivity contribution in [3.05, 3.63) is 123 Å². The van der Waals surface area contributed by atoms with Gasteiger partial charge in [0.25, 0.3) is 10.0 Å². The van der Waals surface area contributed by atoms with Gasteiger partial charge in [0, 0.05) is 24.5 Å². The SMILES string of the molecule is CCNC(=O)C(Cc1ccccc1)N(Cc1ccc(Cl)c(Cl)c1)C(=O)CN(c1ccc(OCC)cc1)S(=O)(=O)c1ccc(Cl)cc1.